The molecule has 0 bridgehead atoms. The molecular formula is C13H20F3NO2. The minimum Gasteiger partial charge on any atom is -0.381 e. The molecule has 2 rings (SSSR count). The number of hydrogen-bond donors (Lipinski definition) is 0. The molecule has 2 saturated heterocycles. The molecule has 2 atom stereocenters. The standard InChI is InChI=1S/C13H20F3NO2/c1-12(2)11(13(14,15)16)3-5-17(12)7-10(18)9-4-6-19-8-9/h9,11H,3-8H2,1-2H3. The van der Waals surface area contributed by atoms with Crippen LogP contribution in [0.5, 0.6) is 0 Å². The van der Waals surface area contributed by atoms with Crippen LogP contribution >= 0.6 is 0 Å². The maximum atomic E-state index is 12.9. The molecule has 2 aliphatic rings. The zero-order valence-electron chi connectivity index (χ0n) is 11.3. The van der Waals surface area contributed by atoms with Crippen LogP contribution in [0, 0.1) is 11.8 Å². The molecular weight excluding hydrogens is 259 g/mol. The second-order valence-corrected chi connectivity index (χ2v) is 5.98. The van der Waals surface area contributed by atoms with Gasteiger partial charge >= 0.3 is 6.18 Å². The number of likely N-dealkylation sites (tertiary alicyclic amines) is 1. The van der Waals surface area contributed by atoms with Crippen LogP contribution in [0.1, 0.15) is 26.7 Å². The molecule has 6 heteroatoms. The third-order valence-electron chi connectivity index (χ3n) is 4.48. The van der Waals surface area contributed by atoms with Gasteiger partial charge in [0.15, 0.2) is 5.78 Å². The topological polar surface area (TPSA) is 29.5 Å². The number of ether oxygens (including phenoxy) is 1. The van der Waals surface area contributed by atoms with Crippen molar-refractivity contribution >= 4 is 5.78 Å². The van der Waals surface area contributed by atoms with E-state index in [-0.39, 0.29) is 24.7 Å². The van der Waals surface area contributed by atoms with Crippen LogP contribution in [0.4, 0.5) is 13.2 Å². The second kappa shape index (κ2) is 5.05. The molecule has 0 aromatic heterocycles. The molecule has 19 heavy (non-hydrogen) atoms. The van der Waals surface area contributed by atoms with Gasteiger partial charge in [0.2, 0.25) is 0 Å². The summed E-state index contributed by atoms with van der Waals surface area (Å²) in [6, 6.07) is 0. The van der Waals surface area contributed by atoms with Gasteiger partial charge in [-0.15, -0.1) is 0 Å². The highest BCUT2D eigenvalue weighted by atomic mass is 19.4. The summed E-state index contributed by atoms with van der Waals surface area (Å²) in [6.07, 6.45) is -3.43. The number of carbonyl (C=O) groups is 1. The highest BCUT2D eigenvalue weighted by molar-refractivity contribution is 5.83. The van der Waals surface area contributed by atoms with Crippen molar-refractivity contribution in [1.29, 1.82) is 0 Å². The molecule has 3 nitrogen and oxygen atoms in total. The zero-order valence-corrected chi connectivity index (χ0v) is 11.3. The molecule has 0 aromatic rings. The Labute approximate surface area is 111 Å². The summed E-state index contributed by atoms with van der Waals surface area (Å²) in [7, 11) is 0. The highest BCUT2D eigenvalue weighted by Gasteiger charge is 2.55. The van der Waals surface area contributed by atoms with Crippen molar-refractivity contribution in [3.63, 3.8) is 0 Å². The minimum absolute atomic E-state index is 0.00778. The molecule has 110 valence electrons. The quantitative estimate of drug-likeness (QED) is 0.793. The summed E-state index contributed by atoms with van der Waals surface area (Å²) >= 11 is 0. The monoisotopic (exact) mass is 279 g/mol. The Kier molecular flexibility index (Phi) is 3.93. The predicted molar refractivity (Wildman–Crippen MR) is 63.7 cm³/mol. The third-order valence-corrected chi connectivity index (χ3v) is 4.48. The molecule has 2 fully saturated rings. The number of carbonyl (C=O) groups excluding carboxylic acids is 1. The maximum absolute atomic E-state index is 12.9. The first-order valence-corrected chi connectivity index (χ1v) is 6.65. The Bertz CT molecular complexity index is 348. The minimum atomic E-state index is -4.20. The SMILES string of the molecule is CC1(C)C(C(F)(F)F)CCN1CC(=O)C1CCOC1. The van der Waals surface area contributed by atoms with E-state index in [9.17, 15) is 18.0 Å². The van der Waals surface area contributed by atoms with Gasteiger partial charge in [0, 0.05) is 18.1 Å². The van der Waals surface area contributed by atoms with Crippen molar-refractivity contribution in [2.45, 2.75) is 38.4 Å². The number of alkyl halides is 3. The lowest BCUT2D eigenvalue weighted by atomic mass is 9.87. The van der Waals surface area contributed by atoms with Crippen LogP contribution in [-0.4, -0.2) is 48.7 Å². The average Bonchev–Trinajstić information content (AvgIpc) is 2.86. The van der Waals surface area contributed by atoms with Gasteiger partial charge in [-0.1, -0.05) is 0 Å². The van der Waals surface area contributed by atoms with Crippen LogP contribution < -0.4 is 0 Å². The van der Waals surface area contributed by atoms with Crippen molar-refractivity contribution < 1.29 is 22.7 Å². The summed E-state index contributed by atoms with van der Waals surface area (Å²) in [5, 5.41) is 0. The van der Waals surface area contributed by atoms with Gasteiger partial charge in [-0.25, -0.2) is 0 Å². The molecule has 2 unspecified atom stereocenters. The van der Waals surface area contributed by atoms with E-state index >= 15 is 0 Å². The summed E-state index contributed by atoms with van der Waals surface area (Å²) in [4.78, 5) is 13.7. The molecule has 0 spiro atoms. The summed E-state index contributed by atoms with van der Waals surface area (Å²) < 4.78 is 44.0. The van der Waals surface area contributed by atoms with Crippen LogP contribution in [0.3, 0.4) is 0 Å². The number of Topliss-reactive ketones (excluding diaryl/α,β-unsaturated/α-hetero) is 1. The maximum Gasteiger partial charge on any atom is 0.393 e. The molecule has 0 amide bonds. The summed E-state index contributed by atoms with van der Waals surface area (Å²) in [5.74, 6) is -1.48. The molecule has 0 saturated carbocycles. The Hall–Kier alpha value is -0.620. The van der Waals surface area contributed by atoms with E-state index in [1.54, 1.807) is 18.7 Å². The van der Waals surface area contributed by atoms with E-state index in [1.807, 2.05) is 0 Å². The van der Waals surface area contributed by atoms with E-state index < -0.39 is 17.6 Å². The Morgan fingerprint density at radius 3 is 2.53 bits per heavy atom. The summed E-state index contributed by atoms with van der Waals surface area (Å²) in [6.45, 7) is 4.58. The van der Waals surface area contributed by atoms with Gasteiger partial charge in [0.1, 0.15) is 0 Å². The first-order chi connectivity index (χ1) is 8.73. The Morgan fingerprint density at radius 1 is 1.37 bits per heavy atom. The first kappa shape index (κ1) is 14.8. The smallest absolute Gasteiger partial charge is 0.381 e. The number of ketones is 1. The van der Waals surface area contributed by atoms with Crippen molar-refractivity contribution in [2.24, 2.45) is 11.8 Å². The fraction of sp³-hybridized carbons (Fsp3) is 0.923. The van der Waals surface area contributed by atoms with Gasteiger partial charge < -0.3 is 4.74 Å². The van der Waals surface area contributed by atoms with Crippen LogP contribution in [-0.2, 0) is 9.53 Å². The van der Waals surface area contributed by atoms with Crippen molar-refractivity contribution in [3.05, 3.63) is 0 Å². The fourth-order valence-electron chi connectivity index (χ4n) is 3.10. The molecule has 0 radical (unpaired) electrons. The Balaban J connectivity index is 2.00. The third kappa shape index (κ3) is 2.94. The van der Waals surface area contributed by atoms with Crippen molar-refractivity contribution in [1.82, 2.24) is 4.90 Å². The summed E-state index contributed by atoms with van der Waals surface area (Å²) in [5.41, 5.74) is -1.01. The highest BCUT2D eigenvalue weighted by Crippen LogP contribution is 2.44. The van der Waals surface area contributed by atoms with E-state index in [0.29, 0.717) is 26.2 Å². The van der Waals surface area contributed by atoms with Crippen LogP contribution in [0.25, 0.3) is 0 Å². The van der Waals surface area contributed by atoms with E-state index in [0.717, 1.165) is 0 Å². The number of rotatable bonds is 3. The van der Waals surface area contributed by atoms with E-state index in [2.05, 4.69) is 0 Å². The van der Waals surface area contributed by atoms with Gasteiger partial charge in [0.05, 0.1) is 19.1 Å². The van der Waals surface area contributed by atoms with Gasteiger partial charge in [0.25, 0.3) is 0 Å². The zero-order chi connectivity index (χ0) is 14.3. The second-order valence-electron chi connectivity index (χ2n) is 5.98. The lowest BCUT2D eigenvalue weighted by Gasteiger charge is -2.36. The largest absolute Gasteiger partial charge is 0.393 e. The van der Waals surface area contributed by atoms with Crippen LogP contribution in [0.2, 0.25) is 0 Å². The molecule has 0 aliphatic carbocycles. The number of hydrogen-bond acceptors (Lipinski definition) is 3. The van der Waals surface area contributed by atoms with Crippen molar-refractivity contribution in [3.8, 4) is 0 Å². The number of nitrogens with zero attached hydrogens (tertiary/aromatic N) is 1. The van der Waals surface area contributed by atoms with E-state index in [4.69, 9.17) is 4.74 Å². The van der Waals surface area contributed by atoms with Crippen molar-refractivity contribution in [2.75, 3.05) is 26.3 Å². The molecule has 2 aliphatic heterocycles. The first-order valence-electron chi connectivity index (χ1n) is 6.65. The number of halogens is 3. The normalized spacial score (nSPS) is 31.8. The lowest BCUT2D eigenvalue weighted by molar-refractivity contribution is -0.191. The average molecular weight is 279 g/mol. The molecule has 0 aromatic carbocycles. The fourth-order valence-corrected chi connectivity index (χ4v) is 3.10. The molecule has 2 heterocycles. The lowest BCUT2D eigenvalue weighted by Crippen LogP contribution is -2.49. The van der Waals surface area contributed by atoms with Crippen LogP contribution in [0.15, 0.2) is 0 Å². The van der Waals surface area contributed by atoms with Gasteiger partial charge in [-0.05, 0) is 33.2 Å². The van der Waals surface area contributed by atoms with Gasteiger partial charge in [-0.2, -0.15) is 13.2 Å². The Morgan fingerprint density at radius 2 is 2.05 bits per heavy atom. The van der Waals surface area contributed by atoms with E-state index in [1.165, 1.54) is 0 Å². The van der Waals surface area contributed by atoms with Gasteiger partial charge in [-0.3, -0.25) is 9.69 Å². The molecule has 0 N–H and O–H groups in total. The predicted octanol–water partition coefficient (Wildman–Crippen LogP) is 2.25.